The zero-order valence-corrected chi connectivity index (χ0v) is 41.7. The summed E-state index contributed by atoms with van der Waals surface area (Å²) in [6, 6.07) is 3.84. The molecule has 8 atom stereocenters. The van der Waals surface area contributed by atoms with Crippen LogP contribution in [-0.4, -0.2) is 129 Å². The molecule has 0 radical (unpaired) electrons. The molecule has 0 aliphatic carbocycles. The molecule has 2 aliphatic rings. The van der Waals surface area contributed by atoms with Gasteiger partial charge in [0.25, 0.3) is 0 Å². The number of carboxylic acid groups (broad SMARTS) is 1. The van der Waals surface area contributed by atoms with E-state index in [9.17, 15) is 63.0 Å². The molecular formula is C51H76N6O13. The maximum Gasteiger partial charge on any atom is 0.307 e. The fraction of sp³-hybridized carbons (Fsp3) is 0.667. The highest BCUT2D eigenvalue weighted by Crippen LogP contribution is 2.25. The lowest BCUT2D eigenvalue weighted by Gasteiger charge is -2.25. The average molecular weight is 981 g/mol. The third kappa shape index (κ3) is 20.3. The first kappa shape index (κ1) is 58.6. The molecule has 0 spiro atoms. The van der Waals surface area contributed by atoms with Crippen LogP contribution in [0.1, 0.15) is 136 Å². The Bertz CT molecular complexity index is 2040. The maximum atomic E-state index is 13.6. The third-order valence-electron chi connectivity index (χ3n) is 12.9. The zero-order chi connectivity index (χ0) is 52.2. The first-order chi connectivity index (χ1) is 32.9. The van der Waals surface area contributed by atoms with E-state index < -0.39 is 107 Å². The number of nitrogens with two attached hydrogens (primary N) is 1. The number of rotatable bonds is 32. The number of amides is 5. The maximum absolute atomic E-state index is 13.6. The number of nitrogens with zero attached hydrogens (tertiary/aromatic N) is 1. The number of hydrogen-bond acceptors (Lipinski definition) is 13. The predicted molar refractivity (Wildman–Crippen MR) is 257 cm³/mol. The topological polar surface area (TPSA) is 306 Å². The van der Waals surface area contributed by atoms with Crippen LogP contribution in [0.2, 0.25) is 0 Å². The number of Topliss-reactive ketones (excluding diaryl/α,β-unsaturated/α-hetero) is 5. The monoisotopic (exact) mass is 981 g/mol. The standard InChI is InChI=1S/C51H76N6O13/c1-29(2)20-34(50(68)55-32(6)42(60)15-18-48(66)57-19-7-8-41(57)45(63)25-36(51(69)70)22-33-11-9-31(5)10-12-33)23-37(58)28-54-49(67)35(21-30(3)4)24-44(62)39(13-16-46(52)64)56-47(65)17-14-43(61)40-26-38(59)27-53-40/h9-12,29-30,32,34-36,38-41,53,59H,7-8,13-28H2,1-6H3,(H2,52,64)(H,54,67)(H,55,68)(H,56,65)(H,69,70)/t32-,34+,35+,36+,38+,39-,40-,41-/m0/s1. The number of ketones is 5. The van der Waals surface area contributed by atoms with Gasteiger partial charge in [-0.05, 0) is 76.2 Å². The Labute approximate surface area is 411 Å². The van der Waals surface area contributed by atoms with Crippen molar-refractivity contribution in [1.82, 2.24) is 26.2 Å². The number of nitrogens with one attached hydrogen (secondary N) is 4. The molecule has 2 aliphatic heterocycles. The summed E-state index contributed by atoms with van der Waals surface area (Å²) >= 11 is 0. The number of benzene rings is 1. The Morgan fingerprint density at radius 2 is 1.40 bits per heavy atom. The van der Waals surface area contributed by atoms with Crippen LogP contribution < -0.4 is 27.0 Å². The summed E-state index contributed by atoms with van der Waals surface area (Å²) in [4.78, 5) is 145. The van der Waals surface area contributed by atoms with E-state index in [-0.39, 0.29) is 113 Å². The highest BCUT2D eigenvalue weighted by molar-refractivity contribution is 5.97. The second kappa shape index (κ2) is 28.8. The van der Waals surface area contributed by atoms with Crippen LogP contribution in [0.25, 0.3) is 0 Å². The van der Waals surface area contributed by atoms with Gasteiger partial charge in [-0.15, -0.1) is 0 Å². The molecule has 2 saturated heterocycles. The zero-order valence-electron chi connectivity index (χ0n) is 41.7. The highest BCUT2D eigenvalue weighted by Gasteiger charge is 2.37. The van der Waals surface area contributed by atoms with Crippen LogP contribution in [0.3, 0.4) is 0 Å². The lowest BCUT2D eigenvalue weighted by atomic mass is 9.88. The van der Waals surface area contributed by atoms with Crippen molar-refractivity contribution in [3.8, 4) is 0 Å². The quantitative estimate of drug-likeness (QED) is 0.0545. The lowest BCUT2D eigenvalue weighted by Crippen LogP contribution is -2.45. The predicted octanol–water partition coefficient (Wildman–Crippen LogP) is 2.22. The molecule has 19 nitrogen and oxygen atoms in total. The third-order valence-corrected chi connectivity index (χ3v) is 12.9. The van der Waals surface area contributed by atoms with Crippen LogP contribution in [0, 0.1) is 36.5 Å². The van der Waals surface area contributed by atoms with Crippen molar-refractivity contribution in [3.63, 3.8) is 0 Å². The number of β-amino-alcohol motifs (C(OH)–C–C–N with tert-alkyl or cyclic N) is 1. The number of hydrogen-bond donors (Lipinski definition) is 7. The summed E-state index contributed by atoms with van der Waals surface area (Å²) in [5.41, 5.74) is 7.14. The number of aryl methyl sites for hydroxylation is 1. The number of carbonyl (C=O) groups is 11. The van der Waals surface area contributed by atoms with Gasteiger partial charge in [0.2, 0.25) is 29.5 Å². The minimum Gasteiger partial charge on any atom is -0.481 e. The van der Waals surface area contributed by atoms with Crippen molar-refractivity contribution in [1.29, 1.82) is 0 Å². The van der Waals surface area contributed by atoms with Gasteiger partial charge >= 0.3 is 5.97 Å². The smallest absolute Gasteiger partial charge is 0.307 e. The van der Waals surface area contributed by atoms with Gasteiger partial charge in [0, 0.05) is 76.3 Å². The van der Waals surface area contributed by atoms with Gasteiger partial charge in [-0.3, -0.25) is 52.7 Å². The molecular weight excluding hydrogens is 905 g/mol. The normalized spacial score (nSPS) is 18.9. The molecule has 19 heteroatoms. The minimum atomic E-state index is -1.18. The van der Waals surface area contributed by atoms with Crippen molar-refractivity contribution >= 4 is 64.4 Å². The second-order valence-corrected chi connectivity index (χ2v) is 20.1. The number of carboxylic acids is 1. The largest absolute Gasteiger partial charge is 0.481 e. The summed E-state index contributed by atoms with van der Waals surface area (Å²) in [5.74, 6) is -8.90. The molecule has 0 unspecified atom stereocenters. The molecule has 1 aromatic rings. The van der Waals surface area contributed by atoms with E-state index in [2.05, 4.69) is 21.3 Å². The van der Waals surface area contributed by atoms with Crippen LogP contribution in [0.4, 0.5) is 0 Å². The van der Waals surface area contributed by atoms with Crippen LogP contribution in [-0.2, 0) is 59.2 Å². The van der Waals surface area contributed by atoms with E-state index in [0.29, 0.717) is 19.4 Å². The molecule has 3 rings (SSSR count). The molecule has 70 heavy (non-hydrogen) atoms. The van der Waals surface area contributed by atoms with E-state index in [4.69, 9.17) is 5.73 Å². The fourth-order valence-electron chi connectivity index (χ4n) is 9.04. The molecule has 0 bridgehead atoms. The summed E-state index contributed by atoms with van der Waals surface area (Å²) < 4.78 is 0. The van der Waals surface area contributed by atoms with E-state index in [1.807, 2.05) is 58.9 Å². The number of aliphatic hydroxyl groups is 1. The van der Waals surface area contributed by atoms with Gasteiger partial charge in [0.1, 0.15) is 5.78 Å². The van der Waals surface area contributed by atoms with Crippen LogP contribution >= 0.6 is 0 Å². The van der Waals surface area contributed by atoms with Gasteiger partial charge in [-0.1, -0.05) is 57.5 Å². The van der Waals surface area contributed by atoms with E-state index >= 15 is 0 Å². The number of carbonyl (C=O) groups excluding carboxylic acids is 10. The van der Waals surface area contributed by atoms with Gasteiger partial charge < -0.3 is 42.1 Å². The van der Waals surface area contributed by atoms with Crippen molar-refractivity contribution in [2.45, 2.75) is 168 Å². The Morgan fingerprint density at radius 1 is 0.757 bits per heavy atom. The first-order valence-electron chi connectivity index (χ1n) is 24.7. The molecule has 2 heterocycles. The van der Waals surface area contributed by atoms with E-state index in [0.717, 1.165) is 11.1 Å². The number of likely N-dealkylation sites (tertiary alicyclic amines) is 1. The number of aliphatic carboxylic acids is 1. The lowest BCUT2D eigenvalue weighted by molar-refractivity contribution is -0.145. The Balaban J connectivity index is 1.54. The SMILES string of the molecule is Cc1ccc(C[C@H](CC(=O)[C@@H]2CCCN2C(=O)CCC(=O)[C@H](C)NC(=O)[C@@H](CC(=O)CNC(=O)[C@@H](CC(=O)[C@H](CCC(N)=O)NC(=O)CCC(=O)[C@@H]2C[C@@H](O)CN2)CC(C)C)CC(C)C)C(=O)O)cc1. The molecule has 0 saturated carbocycles. The second-order valence-electron chi connectivity index (χ2n) is 20.1. The minimum absolute atomic E-state index is 0.0328. The summed E-state index contributed by atoms with van der Waals surface area (Å²) in [5, 5.41) is 30.3. The van der Waals surface area contributed by atoms with Gasteiger partial charge in [-0.25, -0.2) is 0 Å². The molecule has 5 amide bonds. The van der Waals surface area contributed by atoms with E-state index in [1.54, 1.807) is 0 Å². The van der Waals surface area contributed by atoms with Crippen molar-refractivity contribution < 1.29 is 63.0 Å². The highest BCUT2D eigenvalue weighted by atomic mass is 16.4. The summed E-state index contributed by atoms with van der Waals surface area (Å²) in [6.07, 6.45) is -0.826. The Hall–Kier alpha value is -5.69. The summed E-state index contributed by atoms with van der Waals surface area (Å²) in [6.45, 7) is 10.9. The Morgan fingerprint density at radius 3 is 1.99 bits per heavy atom. The molecule has 1 aromatic carbocycles. The van der Waals surface area contributed by atoms with Crippen molar-refractivity contribution in [2.75, 3.05) is 19.6 Å². The van der Waals surface area contributed by atoms with Gasteiger partial charge in [0.05, 0.1) is 42.7 Å². The molecule has 8 N–H and O–H groups in total. The fourth-order valence-corrected chi connectivity index (χ4v) is 9.04. The summed E-state index contributed by atoms with van der Waals surface area (Å²) in [7, 11) is 0. The Kier molecular flexibility index (Phi) is 24.2. The van der Waals surface area contributed by atoms with Crippen molar-refractivity contribution in [3.05, 3.63) is 35.4 Å². The first-order valence-corrected chi connectivity index (χ1v) is 24.7. The van der Waals surface area contributed by atoms with Gasteiger partial charge in [0.15, 0.2) is 23.1 Å². The van der Waals surface area contributed by atoms with Crippen LogP contribution in [0.15, 0.2) is 24.3 Å². The molecule has 0 aromatic heterocycles. The molecule has 388 valence electrons. The van der Waals surface area contributed by atoms with Crippen LogP contribution in [0.5, 0.6) is 0 Å². The van der Waals surface area contributed by atoms with Crippen molar-refractivity contribution in [2.24, 2.45) is 35.3 Å². The van der Waals surface area contributed by atoms with E-state index in [1.165, 1.54) is 11.8 Å². The average Bonchev–Trinajstić information content (AvgIpc) is 3.97. The number of aliphatic hydroxyl groups excluding tert-OH is 1. The van der Waals surface area contributed by atoms with Gasteiger partial charge in [-0.2, -0.15) is 0 Å². The molecule has 2 fully saturated rings. The number of primary amides is 1.